The first-order valence-electron chi connectivity index (χ1n) is 4.98. The van der Waals surface area contributed by atoms with E-state index in [1.165, 1.54) is 6.92 Å². The lowest BCUT2D eigenvalue weighted by Crippen LogP contribution is -2.15. The highest BCUT2D eigenvalue weighted by atomic mass is 35.5. The van der Waals surface area contributed by atoms with Gasteiger partial charge in [0, 0.05) is 16.0 Å². The van der Waals surface area contributed by atoms with E-state index in [1.807, 2.05) is 0 Å². The van der Waals surface area contributed by atoms with Crippen molar-refractivity contribution < 1.29 is 9.90 Å². The Bertz CT molecular complexity index is 688. The molecule has 0 aliphatic rings. The summed E-state index contributed by atoms with van der Waals surface area (Å²) in [5, 5.41) is 9.87. The minimum atomic E-state index is -1.14. The fourth-order valence-electron chi connectivity index (χ4n) is 1.84. The molecule has 88 valence electrons. The zero-order chi connectivity index (χ0) is 12.7. The number of hydrogen-bond donors (Lipinski definition) is 2. The van der Waals surface area contributed by atoms with Crippen LogP contribution in [0.5, 0.6) is 0 Å². The second-order valence-corrected chi connectivity index (χ2v) is 4.34. The highest BCUT2D eigenvalue weighted by Gasteiger charge is 2.15. The number of rotatable bonds is 1. The predicted octanol–water partition coefficient (Wildman–Crippen LogP) is 2.50. The van der Waals surface area contributed by atoms with Crippen molar-refractivity contribution in [2.24, 2.45) is 0 Å². The van der Waals surface area contributed by atoms with Crippen molar-refractivity contribution in [3.8, 4) is 0 Å². The van der Waals surface area contributed by atoms with Crippen LogP contribution in [0.15, 0.2) is 16.9 Å². The van der Waals surface area contributed by atoms with Gasteiger partial charge in [-0.1, -0.05) is 11.6 Å². The maximum Gasteiger partial charge on any atom is 0.352 e. The SMILES string of the molecule is Cc1c(C(=O)O)[nH]c2c(C)cc(Cl)cc2c1=O. The Morgan fingerprint density at radius 1 is 1.35 bits per heavy atom. The van der Waals surface area contributed by atoms with Crippen molar-refractivity contribution in [3.63, 3.8) is 0 Å². The molecule has 2 N–H and O–H groups in total. The number of carboxylic acid groups (broad SMARTS) is 1. The molecule has 0 saturated carbocycles. The summed E-state index contributed by atoms with van der Waals surface area (Å²) in [6.45, 7) is 3.25. The molecule has 0 saturated heterocycles. The lowest BCUT2D eigenvalue weighted by Gasteiger charge is -2.07. The monoisotopic (exact) mass is 251 g/mol. The van der Waals surface area contributed by atoms with Gasteiger partial charge in [-0.25, -0.2) is 4.79 Å². The molecule has 0 aliphatic carbocycles. The summed E-state index contributed by atoms with van der Waals surface area (Å²) < 4.78 is 0. The maximum atomic E-state index is 12.0. The van der Waals surface area contributed by atoms with Gasteiger partial charge in [0.15, 0.2) is 5.43 Å². The van der Waals surface area contributed by atoms with Gasteiger partial charge in [0.1, 0.15) is 5.69 Å². The van der Waals surface area contributed by atoms with Gasteiger partial charge in [-0.15, -0.1) is 0 Å². The zero-order valence-electron chi connectivity index (χ0n) is 9.30. The number of carbonyl (C=O) groups is 1. The lowest BCUT2D eigenvalue weighted by atomic mass is 10.1. The fraction of sp³-hybridized carbons (Fsp3) is 0.167. The Morgan fingerprint density at radius 3 is 2.59 bits per heavy atom. The lowest BCUT2D eigenvalue weighted by molar-refractivity contribution is 0.0690. The summed E-state index contributed by atoms with van der Waals surface area (Å²) in [4.78, 5) is 25.8. The summed E-state index contributed by atoms with van der Waals surface area (Å²) in [6, 6.07) is 3.22. The van der Waals surface area contributed by atoms with E-state index >= 15 is 0 Å². The van der Waals surface area contributed by atoms with E-state index in [9.17, 15) is 9.59 Å². The van der Waals surface area contributed by atoms with Crippen LogP contribution in [0, 0.1) is 13.8 Å². The average Bonchev–Trinajstić information content (AvgIpc) is 2.23. The number of aromatic amines is 1. The molecule has 0 spiro atoms. The molecule has 2 aromatic rings. The minimum Gasteiger partial charge on any atom is -0.477 e. The van der Waals surface area contributed by atoms with Crippen LogP contribution in [0.3, 0.4) is 0 Å². The van der Waals surface area contributed by atoms with Crippen molar-refractivity contribution in [2.45, 2.75) is 13.8 Å². The fourth-order valence-corrected chi connectivity index (χ4v) is 2.11. The minimum absolute atomic E-state index is 0.0760. The topological polar surface area (TPSA) is 70.2 Å². The van der Waals surface area contributed by atoms with Crippen LogP contribution in [-0.2, 0) is 0 Å². The molecule has 1 aromatic carbocycles. The van der Waals surface area contributed by atoms with Crippen molar-refractivity contribution in [1.29, 1.82) is 0 Å². The second kappa shape index (κ2) is 3.89. The van der Waals surface area contributed by atoms with E-state index in [0.717, 1.165) is 5.56 Å². The molecule has 1 heterocycles. The van der Waals surface area contributed by atoms with E-state index < -0.39 is 5.97 Å². The smallest absolute Gasteiger partial charge is 0.352 e. The summed E-state index contributed by atoms with van der Waals surface area (Å²) in [5.41, 5.74) is 1.07. The normalized spacial score (nSPS) is 10.8. The number of halogens is 1. The number of carboxylic acids is 1. The number of fused-ring (bicyclic) bond motifs is 1. The van der Waals surface area contributed by atoms with Gasteiger partial charge < -0.3 is 10.1 Å². The van der Waals surface area contributed by atoms with Gasteiger partial charge in [-0.2, -0.15) is 0 Å². The number of aromatic carboxylic acids is 1. The standard InChI is InChI=1S/C12H10ClNO3/c1-5-3-7(13)4-8-9(5)14-10(12(16)17)6(2)11(8)15/h3-4H,1-2H3,(H,14,15)(H,16,17). The van der Waals surface area contributed by atoms with E-state index in [1.54, 1.807) is 19.1 Å². The number of nitrogens with one attached hydrogen (secondary N) is 1. The van der Waals surface area contributed by atoms with Crippen LogP contribution in [0.25, 0.3) is 10.9 Å². The average molecular weight is 252 g/mol. The molecular formula is C12H10ClNO3. The molecule has 1 aromatic heterocycles. The van der Waals surface area contributed by atoms with Crippen molar-refractivity contribution >= 4 is 28.5 Å². The number of H-pyrrole nitrogens is 1. The van der Waals surface area contributed by atoms with Crippen LogP contribution >= 0.6 is 11.6 Å². The molecule has 0 atom stereocenters. The molecular weight excluding hydrogens is 242 g/mol. The predicted molar refractivity (Wildman–Crippen MR) is 66.0 cm³/mol. The Morgan fingerprint density at radius 2 is 2.00 bits per heavy atom. The van der Waals surface area contributed by atoms with Crippen LogP contribution in [0.2, 0.25) is 5.02 Å². The largest absolute Gasteiger partial charge is 0.477 e. The summed E-state index contributed by atoms with van der Waals surface area (Å²) in [6.07, 6.45) is 0. The summed E-state index contributed by atoms with van der Waals surface area (Å²) in [7, 11) is 0. The second-order valence-electron chi connectivity index (χ2n) is 3.90. The molecule has 17 heavy (non-hydrogen) atoms. The zero-order valence-corrected chi connectivity index (χ0v) is 10.1. The summed E-state index contributed by atoms with van der Waals surface area (Å²) in [5.74, 6) is -1.14. The van der Waals surface area contributed by atoms with Gasteiger partial charge in [0.2, 0.25) is 0 Å². The van der Waals surface area contributed by atoms with Gasteiger partial charge in [0.05, 0.1) is 5.52 Å². The Hall–Kier alpha value is -1.81. The molecule has 0 amide bonds. The molecule has 0 aliphatic heterocycles. The Balaban J connectivity index is 3.01. The highest BCUT2D eigenvalue weighted by molar-refractivity contribution is 6.31. The Labute approximate surface area is 102 Å². The van der Waals surface area contributed by atoms with Gasteiger partial charge >= 0.3 is 5.97 Å². The molecule has 5 heteroatoms. The third-order valence-electron chi connectivity index (χ3n) is 2.72. The molecule has 0 unspecified atom stereocenters. The third-order valence-corrected chi connectivity index (χ3v) is 2.94. The molecule has 2 rings (SSSR count). The number of pyridine rings is 1. The first-order chi connectivity index (χ1) is 7.91. The first kappa shape index (κ1) is 11.7. The number of hydrogen-bond acceptors (Lipinski definition) is 2. The number of aryl methyl sites for hydroxylation is 1. The first-order valence-corrected chi connectivity index (χ1v) is 5.35. The van der Waals surface area contributed by atoms with E-state index in [0.29, 0.717) is 15.9 Å². The van der Waals surface area contributed by atoms with Gasteiger partial charge in [-0.3, -0.25) is 4.79 Å². The number of benzene rings is 1. The molecule has 0 fully saturated rings. The molecule has 0 radical (unpaired) electrons. The maximum absolute atomic E-state index is 12.0. The molecule has 4 nitrogen and oxygen atoms in total. The van der Waals surface area contributed by atoms with Crippen molar-refractivity contribution in [3.05, 3.63) is 44.2 Å². The molecule has 0 bridgehead atoms. The van der Waals surface area contributed by atoms with E-state index in [2.05, 4.69) is 4.98 Å². The Kier molecular flexibility index (Phi) is 2.67. The summed E-state index contributed by atoms with van der Waals surface area (Å²) >= 11 is 5.88. The quantitative estimate of drug-likeness (QED) is 0.818. The third kappa shape index (κ3) is 1.80. The van der Waals surface area contributed by atoms with Crippen LogP contribution in [0.4, 0.5) is 0 Å². The van der Waals surface area contributed by atoms with Gasteiger partial charge in [0.25, 0.3) is 0 Å². The van der Waals surface area contributed by atoms with Gasteiger partial charge in [-0.05, 0) is 31.5 Å². The van der Waals surface area contributed by atoms with Crippen molar-refractivity contribution in [1.82, 2.24) is 4.98 Å². The highest BCUT2D eigenvalue weighted by Crippen LogP contribution is 2.21. The van der Waals surface area contributed by atoms with Crippen LogP contribution in [-0.4, -0.2) is 16.1 Å². The van der Waals surface area contributed by atoms with E-state index in [-0.39, 0.29) is 16.7 Å². The van der Waals surface area contributed by atoms with Crippen LogP contribution in [0.1, 0.15) is 21.6 Å². The van der Waals surface area contributed by atoms with E-state index in [4.69, 9.17) is 16.7 Å². The number of aromatic nitrogens is 1. The van der Waals surface area contributed by atoms with Crippen molar-refractivity contribution in [2.75, 3.05) is 0 Å². The van der Waals surface area contributed by atoms with Crippen LogP contribution < -0.4 is 5.43 Å².